The Morgan fingerprint density at radius 3 is 2.30 bits per heavy atom. The van der Waals surface area contributed by atoms with Gasteiger partial charge in [0.2, 0.25) is 15.9 Å². The van der Waals surface area contributed by atoms with Crippen molar-refractivity contribution in [2.75, 3.05) is 11.9 Å². The van der Waals surface area contributed by atoms with Gasteiger partial charge in [0.15, 0.2) is 0 Å². The van der Waals surface area contributed by atoms with E-state index in [-0.39, 0.29) is 18.0 Å². The lowest BCUT2D eigenvalue weighted by Crippen LogP contribution is -2.37. The molecule has 0 fully saturated rings. The third-order valence-corrected chi connectivity index (χ3v) is 7.87. The Morgan fingerprint density at radius 2 is 1.67 bits per heavy atom. The van der Waals surface area contributed by atoms with Gasteiger partial charge in [0.1, 0.15) is 0 Å². The smallest absolute Gasteiger partial charge is 0.243 e. The molecular formula is C25H26Cl2N2O3S. The zero-order chi connectivity index (χ0) is 24.2. The van der Waals surface area contributed by atoms with Crippen LogP contribution in [0.3, 0.4) is 0 Å². The maximum Gasteiger partial charge on any atom is 0.243 e. The molecular weight excluding hydrogens is 479 g/mol. The van der Waals surface area contributed by atoms with Crippen molar-refractivity contribution in [2.24, 2.45) is 0 Å². The third-order valence-electron chi connectivity index (χ3n) is 5.33. The number of halogens is 2. The highest BCUT2D eigenvalue weighted by Crippen LogP contribution is 2.26. The van der Waals surface area contributed by atoms with Gasteiger partial charge in [0, 0.05) is 12.2 Å². The lowest BCUT2D eigenvalue weighted by Gasteiger charge is -2.23. The SMILES string of the molecule is CCc1cccc(C)c1NC(=O)CN(Cc1ccc(Cl)c(Cl)c1)S(=O)(=O)c1ccc(C)cc1. The third kappa shape index (κ3) is 6.15. The number of carbonyl (C=O) groups is 1. The van der Waals surface area contributed by atoms with Crippen LogP contribution in [0.2, 0.25) is 10.0 Å². The van der Waals surface area contributed by atoms with Crippen LogP contribution in [-0.2, 0) is 27.8 Å². The Bertz CT molecular complexity index is 1260. The fourth-order valence-electron chi connectivity index (χ4n) is 3.47. The summed E-state index contributed by atoms with van der Waals surface area (Å²) in [5.74, 6) is -0.422. The number of benzene rings is 3. The van der Waals surface area contributed by atoms with Gasteiger partial charge in [-0.2, -0.15) is 4.31 Å². The van der Waals surface area contributed by atoms with Crippen molar-refractivity contribution in [3.8, 4) is 0 Å². The second-order valence-corrected chi connectivity index (χ2v) is 10.6. The summed E-state index contributed by atoms with van der Waals surface area (Å²) in [5.41, 5.74) is 4.18. The van der Waals surface area contributed by atoms with E-state index in [1.54, 1.807) is 42.5 Å². The second-order valence-electron chi connectivity index (χ2n) is 7.85. The Labute approximate surface area is 205 Å². The molecule has 5 nitrogen and oxygen atoms in total. The Balaban J connectivity index is 1.93. The van der Waals surface area contributed by atoms with Crippen LogP contribution < -0.4 is 5.32 Å². The molecule has 0 saturated heterocycles. The summed E-state index contributed by atoms with van der Waals surface area (Å²) < 4.78 is 28.1. The highest BCUT2D eigenvalue weighted by molar-refractivity contribution is 7.89. The maximum atomic E-state index is 13.5. The van der Waals surface area contributed by atoms with Crippen molar-refractivity contribution in [1.29, 1.82) is 0 Å². The van der Waals surface area contributed by atoms with Crippen LogP contribution in [0, 0.1) is 13.8 Å². The van der Waals surface area contributed by atoms with Gasteiger partial charge in [-0.25, -0.2) is 8.42 Å². The molecule has 0 atom stereocenters. The molecule has 3 rings (SSSR count). The van der Waals surface area contributed by atoms with Gasteiger partial charge in [0.05, 0.1) is 21.5 Å². The fourth-order valence-corrected chi connectivity index (χ4v) is 5.17. The fraction of sp³-hybridized carbons (Fsp3) is 0.240. The Morgan fingerprint density at radius 1 is 0.970 bits per heavy atom. The Kier molecular flexibility index (Phi) is 8.19. The molecule has 0 aliphatic heterocycles. The molecule has 0 radical (unpaired) electrons. The summed E-state index contributed by atoms with van der Waals surface area (Å²) in [6.45, 7) is 5.40. The molecule has 0 bridgehead atoms. The van der Waals surface area contributed by atoms with Crippen LogP contribution in [0.4, 0.5) is 5.69 Å². The minimum absolute atomic E-state index is 0.0328. The van der Waals surface area contributed by atoms with E-state index < -0.39 is 15.9 Å². The first-order valence-electron chi connectivity index (χ1n) is 10.5. The van der Waals surface area contributed by atoms with E-state index >= 15 is 0 Å². The summed E-state index contributed by atoms with van der Waals surface area (Å²) in [5, 5.41) is 3.60. The van der Waals surface area contributed by atoms with Crippen LogP contribution in [0.15, 0.2) is 65.6 Å². The molecule has 174 valence electrons. The molecule has 3 aromatic carbocycles. The van der Waals surface area contributed by atoms with Gasteiger partial charge < -0.3 is 5.32 Å². The molecule has 0 heterocycles. The van der Waals surface area contributed by atoms with Gasteiger partial charge in [-0.15, -0.1) is 0 Å². The van der Waals surface area contributed by atoms with Crippen molar-refractivity contribution in [3.05, 3.63) is 93.0 Å². The van der Waals surface area contributed by atoms with Crippen LogP contribution in [0.25, 0.3) is 0 Å². The molecule has 0 saturated carbocycles. The number of sulfonamides is 1. The molecule has 0 unspecified atom stereocenters. The molecule has 0 aliphatic rings. The Hall–Kier alpha value is -2.38. The van der Waals surface area contributed by atoms with E-state index in [0.717, 1.165) is 27.4 Å². The largest absolute Gasteiger partial charge is 0.324 e. The average molecular weight is 505 g/mol. The summed E-state index contributed by atoms with van der Waals surface area (Å²) in [4.78, 5) is 13.1. The second kappa shape index (κ2) is 10.7. The topological polar surface area (TPSA) is 66.5 Å². The van der Waals surface area contributed by atoms with Crippen molar-refractivity contribution in [3.63, 3.8) is 0 Å². The van der Waals surface area contributed by atoms with Crippen LogP contribution in [-0.4, -0.2) is 25.2 Å². The first-order chi connectivity index (χ1) is 15.6. The summed E-state index contributed by atoms with van der Waals surface area (Å²) in [7, 11) is -3.96. The van der Waals surface area contributed by atoms with Crippen LogP contribution >= 0.6 is 23.2 Å². The molecule has 1 N–H and O–H groups in total. The van der Waals surface area contributed by atoms with Gasteiger partial charge in [-0.1, -0.05) is 72.1 Å². The standard InChI is InChI=1S/C25H26Cl2N2O3S/c1-4-20-7-5-6-18(3)25(20)28-24(30)16-29(15-19-10-13-22(26)23(27)14-19)33(31,32)21-11-8-17(2)9-12-21/h5-14H,4,15-16H2,1-3H3,(H,28,30). The highest BCUT2D eigenvalue weighted by Gasteiger charge is 2.27. The predicted octanol–water partition coefficient (Wildman–Crippen LogP) is 6.00. The number of aryl methyl sites for hydroxylation is 3. The lowest BCUT2D eigenvalue weighted by molar-refractivity contribution is -0.116. The minimum atomic E-state index is -3.96. The van der Waals surface area contributed by atoms with E-state index in [1.807, 2.05) is 39.0 Å². The zero-order valence-electron chi connectivity index (χ0n) is 18.7. The van der Waals surface area contributed by atoms with Crippen molar-refractivity contribution in [2.45, 2.75) is 38.6 Å². The molecule has 1 amide bonds. The quantitative estimate of drug-likeness (QED) is 0.408. The van der Waals surface area contributed by atoms with E-state index in [1.165, 1.54) is 0 Å². The van der Waals surface area contributed by atoms with Crippen molar-refractivity contribution in [1.82, 2.24) is 4.31 Å². The number of rotatable bonds is 8. The van der Waals surface area contributed by atoms with Gasteiger partial charge in [-0.3, -0.25) is 4.79 Å². The molecule has 0 aromatic heterocycles. The zero-order valence-corrected chi connectivity index (χ0v) is 21.1. The van der Waals surface area contributed by atoms with Crippen molar-refractivity contribution >= 4 is 44.8 Å². The molecule has 3 aromatic rings. The number of nitrogens with zero attached hydrogens (tertiary/aromatic N) is 1. The summed E-state index contributed by atoms with van der Waals surface area (Å²) in [6.07, 6.45) is 0.742. The maximum absolute atomic E-state index is 13.5. The first kappa shape index (κ1) is 25.2. The lowest BCUT2D eigenvalue weighted by atomic mass is 10.1. The average Bonchev–Trinajstić information content (AvgIpc) is 2.77. The van der Waals surface area contributed by atoms with Crippen LogP contribution in [0.5, 0.6) is 0 Å². The number of carbonyl (C=O) groups excluding carboxylic acids is 1. The number of anilines is 1. The minimum Gasteiger partial charge on any atom is -0.324 e. The first-order valence-corrected chi connectivity index (χ1v) is 12.7. The molecule has 0 aliphatic carbocycles. The summed E-state index contributed by atoms with van der Waals surface area (Å²) in [6, 6.07) is 17.2. The van der Waals surface area contributed by atoms with E-state index in [0.29, 0.717) is 21.3 Å². The van der Waals surface area contributed by atoms with E-state index in [9.17, 15) is 13.2 Å². The van der Waals surface area contributed by atoms with E-state index in [2.05, 4.69) is 5.32 Å². The van der Waals surface area contributed by atoms with Gasteiger partial charge >= 0.3 is 0 Å². The molecule has 33 heavy (non-hydrogen) atoms. The number of amides is 1. The number of hydrogen-bond acceptors (Lipinski definition) is 3. The number of hydrogen-bond donors (Lipinski definition) is 1. The van der Waals surface area contributed by atoms with Crippen LogP contribution in [0.1, 0.15) is 29.2 Å². The van der Waals surface area contributed by atoms with Crippen molar-refractivity contribution < 1.29 is 13.2 Å². The predicted molar refractivity (Wildman–Crippen MR) is 134 cm³/mol. The normalized spacial score (nSPS) is 11.6. The van der Waals surface area contributed by atoms with Gasteiger partial charge in [-0.05, 0) is 61.2 Å². The number of nitrogens with one attached hydrogen (secondary N) is 1. The molecule has 8 heteroatoms. The monoisotopic (exact) mass is 504 g/mol. The summed E-state index contributed by atoms with van der Waals surface area (Å²) >= 11 is 12.1. The highest BCUT2D eigenvalue weighted by atomic mass is 35.5. The number of para-hydroxylation sites is 1. The van der Waals surface area contributed by atoms with Gasteiger partial charge in [0.25, 0.3) is 0 Å². The van der Waals surface area contributed by atoms with E-state index in [4.69, 9.17) is 23.2 Å². The molecule has 0 spiro atoms.